The molecule has 2 aliphatic rings. The minimum atomic E-state index is -0.828. The van der Waals surface area contributed by atoms with Gasteiger partial charge >= 0.3 is 0 Å². The average Bonchev–Trinajstić information content (AvgIpc) is 3.27. The van der Waals surface area contributed by atoms with Crippen molar-refractivity contribution in [2.24, 2.45) is 5.92 Å². The first kappa shape index (κ1) is 25.2. The van der Waals surface area contributed by atoms with Gasteiger partial charge in [-0.1, -0.05) is 38.0 Å². The van der Waals surface area contributed by atoms with Crippen LogP contribution < -0.4 is 10.7 Å². The van der Waals surface area contributed by atoms with Crippen LogP contribution in [0.25, 0.3) is 10.6 Å². The molecule has 0 bridgehead atoms. The van der Waals surface area contributed by atoms with Crippen molar-refractivity contribution >= 4 is 17.2 Å². The van der Waals surface area contributed by atoms with Crippen LogP contribution in [0, 0.1) is 5.92 Å². The summed E-state index contributed by atoms with van der Waals surface area (Å²) in [6.07, 6.45) is 4.39. The zero-order chi connectivity index (χ0) is 25.3. The monoisotopic (exact) mass is 506 g/mol. The molecule has 0 spiro atoms. The van der Waals surface area contributed by atoms with E-state index in [2.05, 4.69) is 15.5 Å². The number of rotatable bonds is 6. The lowest BCUT2D eigenvalue weighted by Gasteiger charge is -2.33. The summed E-state index contributed by atoms with van der Waals surface area (Å²) in [6, 6.07) is -0.288. The highest BCUT2D eigenvalue weighted by molar-refractivity contribution is 7.14. The Kier molecular flexibility index (Phi) is 7.46. The number of unbranched alkanes of at least 4 members (excludes halogenated alkanes) is 1. The maximum Gasteiger partial charge on any atom is 0.272 e. The topological polar surface area (TPSA) is 117 Å². The molecule has 8 nitrogen and oxygen atoms in total. The van der Waals surface area contributed by atoms with Gasteiger partial charge in [-0.05, 0) is 18.4 Å². The van der Waals surface area contributed by atoms with Crippen molar-refractivity contribution in [2.75, 3.05) is 0 Å². The number of hydrogen-bond donors (Lipinski definition) is 3. The van der Waals surface area contributed by atoms with Crippen LogP contribution in [-0.2, 0) is 13.0 Å². The summed E-state index contributed by atoms with van der Waals surface area (Å²) in [6.45, 7) is 3.90. The molecule has 0 aromatic carbocycles. The second kappa shape index (κ2) is 10.4. The molecule has 3 unspecified atom stereocenters. The number of nitrogens with one attached hydrogen (secondary N) is 1. The molecule has 3 heterocycles. The largest absolute Gasteiger partial charge is 0.503 e. The molecule has 1 amide bonds. The zero-order valence-electron chi connectivity index (χ0n) is 19.6. The van der Waals surface area contributed by atoms with Crippen molar-refractivity contribution in [3.63, 3.8) is 0 Å². The fourth-order valence-electron chi connectivity index (χ4n) is 4.44. The highest BCUT2D eigenvalue weighted by Gasteiger charge is 2.33. The van der Waals surface area contributed by atoms with Crippen LogP contribution in [0.2, 0.25) is 0 Å². The van der Waals surface area contributed by atoms with Gasteiger partial charge in [-0.25, -0.2) is 8.78 Å². The fourth-order valence-corrected chi connectivity index (χ4v) is 5.33. The quantitative estimate of drug-likeness (QED) is 0.549. The number of pyridine rings is 1. The van der Waals surface area contributed by atoms with Crippen LogP contribution in [-0.4, -0.2) is 43.0 Å². The van der Waals surface area contributed by atoms with Gasteiger partial charge in [0.2, 0.25) is 5.43 Å². The van der Waals surface area contributed by atoms with E-state index in [1.54, 1.807) is 0 Å². The van der Waals surface area contributed by atoms with Gasteiger partial charge in [-0.2, -0.15) is 0 Å². The number of aromatic hydroxyl groups is 1. The van der Waals surface area contributed by atoms with E-state index in [1.165, 1.54) is 10.8 Å². The minimum Gasteiger partial charge on any atom is -0.503 e. The normalized spacial score (nSPS) is 22.8. The Morgan fingerprint density at radius 3 is 2.74 bits per heavy atom. The number of aliphatic hydroxyl groups excluding tert-OH is 1. The molecule has 0 saturated carbocycles. The predicted octanol–water partition coefficient (Wildman–Crippen LogP) is 3.78. The van der Waals surface area contributed by atoms with Crippen LogP contribution in [0.3, 0.4) is 0 Å². The Labute approximate surface area is 205 Å². The fraction of sp³-hybridized carbons (Fsp3) is 0.500. The Morgan fingerprint density at radius 2 is 2.03 bits per heavy atom. The number of aromatic nitrogens is 3. The summed E-state index contributed by atoms with van der Waals surface area (Å²) in [7, 11) is 0. The van der Waals surface area contributed by atoms with Gasteiger partial charge in [-0.3, -0.25) is 9.59 Å². The van der Waals surface area contributed by atoms with Crippen molar-refractivity contribution in [1.29, 1.82) is 0 Å². The Balaban J connectivity index is 1.67. The van der Waals surface area contributed by atoms with E-state index in [0.717, 1.165) is 30.3 Å². The second-order valence-corrected chi connectivity index (χ2v) is 10.2. The number of amides is 1. The zero-order valence-corrected chi connectivity index (χ0v) is 20.4. The number of halogens is 2. The second-order valence-electron chi connectivity index (χ2n) is 9.09. The summed E-state index contributed by atoms with van der Waals surface area (Å²) in [5.41, 5.74) is -0.567. The van der Waals surface area contributed by atoms with E-state index in [9.17, 15) is 28.6 Å². The van der Waals surface area contributed by atoms with E-state index in [1.807, 2.05) is 13.8 Å². The first-order valence-corrected chi connectivity index (χ1v) is 12.5. The molecule has 0 fully saturated rings. The number of fused-ring (bicyclic) bond motifs is 1. The molecular formula is C24H28F2N4O4S. The van der Waals surface area contributed by atoms with Gasteiger partial charge in [0.15, 0.2) is 16.5 Å². The van der Waals surface area contributed by atoms with Gasteiger partial charge in [0.25, 0.3) is 5.91 Å². The van der Waals surface area contributed by atoms with Crippen LogP contribution in [0.1, 0.15) is 61.4 Å². The molecule has 11 heteroatoms. The molecule has 188 valence electrons. The van der Waals surface area contributed by atoms with Gasteiger partial charge < -0.3 is 20.1 Å². The molecule has 0 saturated heterocycles. The van der Waals surface area contributed by atoms with E-state index >= 15 is 0 Å². The lowest BCUT2D eigenvalue weighted by Crippen LogP contribution is -2.48. The number of hydrogen-bond acceptors (Lipinski definition) is 7. The summed E-state index contributed by atoms with van der Waals surface area (Å²) < 4.78 is 28.7. The van der Waals surface area contributed by atoms with Crippen molar-refractivity contribution in [3.05, 3.63) is 50.4 Å². The van der Waals surface area contributed by atoms with Gasteiger partial charge in [-0.15, -0.1) is 10.2 Å². The molecule has 2 aromatic heterocycles. The molecular weight excluding hydrogens is 478 g/mol. The van der Waals surface area contributed by atoms with Crippen LogP contribution in [0.15, 0.2) is 34.3 Å². The van der Waals surface area contributed by atoms with Crippen molar-refractivity contribution in [1.82, 2.24) is 20.1 Å². The number of carbonyl (C=O) groups excluding carboxylic acids is 1. The number of nitrogens with zero attached hydrogens (tertiary/aromatic N) is 3. The summed E-state index contributed by atoms with van der Waals surface area (Å²) in [5.74, 6) is -2.69. The van der Waals surface area contributed by atoms with Crippen molar-refractivity contribution in [3.8, 4) is 16.3 Å². The third-order valence-corrected chi connectivity index (χ3v) is 7.59. The first-order chi connectivity index (χ1) is 16.7. The highest BCUT2D eigenvalue weighted by Crippen LogP contribution is 2.31. The smallest absolute Gasteiger partial charge is 0.272 e. The number of carbonyl (C=O) groups is 1. The van der Waals surface area contributed by atoms with Gasteiger partial charge in [0, 0.05) is 43.6 Å². The summed E-state index contributed by atoms with van der Waals surface area (Å²) >= 11 is 1.05. The van der Waals surface area contributed by atoms with Crippen LogP contribution in [0.5, 0.6) is 5.75 Å². The molecule has 0 radical (unpaired) electrons. The van der Waals surface area contributed by atoms with Crippen LogP contribution in [0.4, 0.5) is 8.78 Å². The lowest BCUT2D eigenvalue weighted by molar-refractivity contribution is 0.0594. The Hall–Kier alpha value is -2.92. The Bertz CT molecular complexity index is 1250. The number of aliphatic hydroxyl groups is 1. The molecule has 35 heavy (non-hydrogen) atoms. The maximum atomic E-state index is 14.1. The van der Waals surface area contributed by atoms with Crippen LogP contribution >= 0.6 is 11.3 Å². The molecule has 2 aromatic rings. The molecule has 1 aliphatic carbocycles. The van der Waals surface area contributed by atoms with E-state index in [-0.39, 0.29) is 54.0 Å². The van der Waals surface area contributed by atoms with Gasteiger partial charge in [0.05, 0.1) is 11.7 Å². The van der Waals surface area contributed by atoms with E-state index < -0.39 is 34.8 Å². The maximum absolute atomic E-state index is 14.1. The standard InChI is InChI=1S/C24H28F2N4O4S/c1-3-4-5-17-12(2)18(31)11-30-10-15(21(32)22(33)20(30)23(34)27-17)24-29-28-19(35-24)8-13-6-7-14(25)9-16(13)26/h9-10,12,17-18,31,33H,3-8,11H2,1-2H3,(H,27,34). The van der Waals surface area contributed by atoms with Gasteiger partial charge in [0.1, 0.15) is 16.7 Å². The predicted molar refractivity (Wildman–Crippen MR) is 127 cm³/mol. The molecule has 1 aliphatic heterocycles. The minimum absolute atomic E-state index is 0.00897. The summed E-state index contributed by atoms with van der Waals surface area (Å²) in [4.78, 5) is 26.0. The molecule has 3 atom stereocenters. The first-order valence-electron chi connectivity index (χ1n) is 11.7. The number of allylic oxidation sites excluding steroid dienone is 4. The Morgan fingerprint density at radius 1 is 1.26 bits per heavy atom. The van der Waals surface area contributed by atoms with Crippen molar-refractivity contribution < 1.29 is 23.8 Å². The highest BCUT2D eigenvalue weighted by atomic mass is 32.1. The third kappa shape index (κ3) is 5.20. The SMILES string of the molecule is CCCCC1NC(=O)c2c(O)c(=O)c(-c3nnc(CC4=C(F)C=C(F)CC4)s3)cn2CC(O)C1C. The third-order valence-electron chi connectivity index (χ3n) is 6.63. The summed E-state index contributed by atoms with van der Waals surface area (Å²) in [5, 5.41) is 33.1. The lowest BCUT2D eigenvalue weighted by atomic mass is 9.90. The van der Waals surface area contributed by atoms with E-state index in [4.69, 9.17) is 0 Å². The van der Waals surface area contributed by atoms with E-state index in [0.29, 0.717) is 17.0 Å². The molecule has 3 N–H and O–H groups in total. The molecule has 4 rings (SSSR count). The van der Waals surface area contributed by atoms with Crippen molar-refractivity contribution in [2.45, 2.75) is 71.1 Å². The average molecular weight is 507 g/mol.